The summed E-state index contributed by atoms with van der Waals surface area (Å²) in [5, 5.41) is 8.93. The first-order chi connectivity index (χ1) is 6.56. The number of aromatic amines is 1. The molecule has 14 heavy (non-hydrogen) atoms. The lowest BCUT2D eigenvalue weighted by atomic mass is 10.2. The fourth-order valence-corrected chi connectivity index (χ4v) is 1.04. The number of aromatic nitrogens is 2. The van der Waals surface area contributed by atoms with Crippen LogP contribution in [0.15, 0.2) is 6.58 Å². The number of nitrogens with two attached hydrogens (primary N) is 1. The van der Waals surface area contributed by atoms with Gasteiger partial charge >= 0.3 is 0 Å². The Bertz CT molecular complexity index is 369. The zero-order valence-electron chi connectivity index (χ0n) is 8.05. The lowest BCUT2D eigenvalue weighted by Gasteiger charge is -2.03. The lowest BCUT2D eigenvalue weighted by Crippen LogP contribution is -2.09. The van der Waals surface area contributed by atoms with E-state index in [2.05, 4.69) is 22.1 Å². The summed E-state index contributed by atoms with van der Waals surface area (Å²) in [7, 11) is 1.46. The van der Waals surface area contributed by atoms with E-state index in [0.717, 1.165) is 0 Å². The molecule has 0 aromatic carbocycles. The molecule has 6 nitrogen and oxygen atoms in total. The Hall–Kier alpha value is -1.98. The highest BCUT2D eigenvalue weighted by atomic mass is 16.5. The van der Waals surface area contributed by atoms with Crippen molar-refractivity contribution < 1.29 is 9.53 Å². The van der Waals surface area contributed by atoms with Gasteiger partial charge in [-0.1, -0.05) is 6.58 Å². The van der Waals surface area contributed by atoms with Crippen LogP contribution in [0.5, 0.6) is 5.88 Å². The second-order valence-corrected chi connectivity index (χ2v) is 2.69. The van der Waals surface area contributed by atoms with Crippen molar-refractivity contribution in [2.24, 2.45) is 5.73 Å². The molecule has 1 amide bonds. The summed E-state index contributed by atoms with van der Waals surface area (Å²) in [6, 6.07) is 0. The maximum atomic E-state index is 10.8. The van der Waals surface area contributed by atoms with Crippen LogP contribution in [0.2, 0.25) is 0 Å². The van der Waals surface area contributed by atoms with Gasteiger partial charge in [-0.05, 0) is 0 Å². The number of methoxy groups -OCH3 is 1. The molecular formula is C8H12N4O2. The van der Waals surface area contributed by atoms with Crippen LogP contribution in [0, 0.1) is 0 Å². The van der Waals surface area contributed by atoms with Gasteiger partial charge in [-0.2, -0.15) is 0 Å². The number of amides is 1. The van der Waals surface area contributed by atoms with Crippen LogP contribution in [0.4, 0.5) is 5.82 Å². The summed E-state index contributed by atoms with van der Waals surface area (Å²) < 4.78 is 4.93. The number of rotatable bonds is 3. The zero-order chi connectivity index (χ0) is 10.7. The van der Waals surface area contributed by atoms with Crippen LogP contribution in [-0.2, 0) is 4.79 Å². The van der Waals surface area contributed by atoms with E-state index in [-0.39, 0.29) is 11.6 Å². The van der Waals surface area contributed by atoms with Gasteiger partial charge in [0.1, 0.15) is 11.4 Å². The quantitative estimate of drug-likeness (QED) is 0.648. The molecule has 1 rings (SSSR count). The number of H-pyrrole nitrogens is 1. The van der Waals surface area contributed by atoms with Gasteiger partial charge in [0, 0.05) is 12.6 Å². The van der Waals surface area contributed by atoms with Crippen LogP contribution in [0.1, 0.15) is 12.5 Å². The number of hydrogen-bond acceptors (Lipinski definition) is 4. The Balaban J connectivity index is 3.10. The second-order valence-electron chi connectivity index (χ2n) is 2.69. The standard InChI is InChI=1S/C8H12N4O2/c1-4(9)6-7(10-5(2)13)11-12-8(6)14-3/h1,9H2,2-3H3,(H2,10,11,12,13). The van der Waals surface area contributed by atoms with E-state index in [1.165, 1.54) is 14.0 Å². The van der Waals surface area contributed by atoms with Gasteiger partial charge in [-0.25, -0.2) is 0 Å². The molecule has 0 aliphatic rings. The molecule has 1 aromatic heterocycles. The summed E-state index contributed by atoms with van der Waals surface area (Å²) in [6.45, 7) is 4.95. The Morgan fingerprint density at radius 2 is 2.36 bits per heavy atom. The fraction of sp³-hybridized carbons (Fsp3) is 0.250. The van der Waals surface area contributed by atoms with Crippen LogP contribution in [-0.4, -0.2) is 23.2 Å². The molecule has 0 unspecified atom stereocenters. The average molecular weight is 196 g/mol. The SMILES string of the molecule is C=C(N)c1c(OC)n[nH]c1NC(C)=O. The zero-order valence-corrected chi connectivity index (χ0v) is 8.05. The minimum Gasteiger partial charge on any atom is -0.479 e. The first kappa shape index (κ1) is 10.1. The molecule has 0 aliphatic carbocycles. The number of carbonyl (C=O) groups excluding carboxylic acids is 1. The highest BCUT2D eigenvalue weighted by Crippen LogP contribution is 2.26. The van der Waals surface area contributed by atoms with E-state index >= 15 is 0 Å². The fourth-order valence-electron chi connectivity index (χ4n) is 1.04. The number of nitrogens with zero attached hydrogens (tertiary/aromatic N) is 1. The van der Waals surface area contributed by atoms with Gasteiger partial charge < -0.3 is 15.8 Å². The maximum absolute atomic E-state index is 10.8. The van der Waals surface area contributed by atoms with Gasteiger partial charge in [0.25, 0.3) is 0 Å². The number of nitrogens with one attached hydrogen (secondary N) is 2. The molecule has 0 saturated carbocycles. The van der Waals surface area contributed by atoms with Gasteiger partial charge in [0.05, 0.1) is 7.11 Å². The predicted octanol–water partition coefficient (Wildman–Crippen LogP) is 0.306. The molecule has 0 aliphatic heterocycles. The molecule has 76 valence electrons. The molecule has 0 spiro atoms. The van der Waals surface area contributed by atoms with Crippen molar-refractivity contribution >= 4 is 17.4 Å². The van der Waals surface area contributed by atoms with Gasteiger partial charge in [0.2, 0.25) is 11.8 Å². The van der Waals surface area contributed by atoms with Crippen molar-refractivity contribution in [3.8, 4) is 5.88 Å². The Morgan fingerprint density at radius 3 is 2.79 bits per heavy atom. The van der Waals surface area contributed by atoms with E-state index < -0.39 is 0 Å². The third kappa shape index (κ3) is 1.85. The summed E-state index contributed by atoms with van der Waals surface area (Å²) in [5.41, 5.74) is 6.28. The summed E-state index contributed by atoms with van der Waals surface area (Å²) >= 11 is 0. The summed E-state index contributed by atoms with van der Waals surface area (Å²) in [5.74, 6) is 0.474. The molecule has 0 radical (unpaired) electrons. The number of ether oxygens (including phenoxy) is 1. The average Bonchev–Trinajstić information content (AvgIpc) is 2.46. The lowest BCUT2D eigenvalue weighted by molar-refractivity contribution is -0.114. The van der Waals surface area contributed by atoms with Crippen LogP contribution in [0.3, 0.4) is 0 Å². The van der Waals surface area contributed by atoms with Crippen molar-refractivity contribution in [2.45, 2.75) is 6.92 Å². The summed E-state index contributed by atoms with van der Waals surface area (Å²) in [6.07, 6.45) is 0. The van der Waals surface area contributed by atoms with Gasteiger partial charge in [0.15, 0.2) is 0 Å². The topological polar surface area (TPSA) is 93.0 Å². The van der Waals surface area contributed by atoms with E-state index in [0.29, 0.717) is 17.3 Å². The molecule has 0 saturated heterocycles. The van der Waals surface area contributed by atoms with Crippen LogP contribution < -0.4 is 15.8 Å². The van der Waals surface area contributed by atoms with Gasteiger partial charge in [-0.3, -0.25) is 9.89 Å². The molecule has 1 heterocycles. The maximum Gasteiger partial charge on any atom is 0.243 e. The highest BCUT2D eigenvalue weighted by Gasteiger charge is 2.15. The van der Waals surface area contributed by atoms with Crippen molar-refractivity contribution in [3.05, 3.63) is 12.1 Å². The van der Waals surface area contributed by atoms with Crippen LogP contribution >= 0.6 is 0 Å². The van der Waals surface area contributed by atoms with E-state index in [4.69, 9.17) is 10.5 Å². The summed E-state index contributed by atoms with van der Waals surface area (Å²) in [4.78, 5) is 10.8. The largest absolute Gasteiger partial charge is 0.479 e. The molecule has 0 bridgehead atoms. The predicted molar refractivity (Wildman–Crippen MR) is 52.7 cm³/mol. The van der Waals surface area contributed by atoms with Crippen LogP contribution in [0.25, 0.3) is 5.70 Å². The number of hydrogen-bond donors (Lipinski definition) is 3. The minimum absolute atomic E-state index is 0.223. The third-order valence-corrected chi connectivity index (χ3v) is 1.55. The Kier molecular flexibility index (Phi) is 2.76. The van der Waals surface area contributed by atoms with Crippen molar-refractivity contribution in [1.29, 1.82) is 0 Å². The van der Waals surface area contributed by atoms with Crippen molar-refractivity contribution in [2.75, 3.05) is 12.4 Å². The van der Waals surface area contributed by atoms with Crippen molar-refractivity contribution in [1.82, 2.24) is 10.2 Å². The molecule has 0 atom stereocenters. The molecule has 4 N–H and O–H groups in total. The minimum atomic E-state index is -0.223. The second kappa shape index (κ2) is 3.82. The molecular weight excluding hydrogens is 184 g/mol. The smallest absolute Gasteiger partial charge is 0.243 e. The highest BCUT2D eigenvalue weighted by molar-refractivity contribution is 5.91. The normalized spacial score (nSPS) is 9.57. The van der Waals surface area contributed by atoms with E-state index in [1.807, 2.05) is 0 Å². The van der Waals surface area contributed by atoms with Gasteiger partial charge in [-0.15, -0.1) is 5.10 Å². The molecule has 1 aromatic rings. The first-order valence-electron chi connectivity index (χ1n) is 3.91. The number of carbonyl (C=O) groups is 1. The Morgan fingerprint density at radius 1 is 1.71 bits per heavy atom. The number of anilines is 1. The van der Waals surface area contributed by atoms with Crippen molar-refractivity contribution in [3.63, 3.8) is 0 Å². The van der Waals surface area contributed by atoms with E-state index in [9.17, 15) is 4.79 Å². The molecule has 6 heteroatoms. The monoisotopic (exact) mass is 196 g/mol. The molecule has 0 fully saturated rings. The first-order valence-corrected chi connectivity index (χ1v) is 3.91. The Labute approximate surface area is 81.1 Å². The third-order valence-electron chi connectivity index (χ3n) is 1.55. The van der Waals surface area contributed by atoms with E-state index in [1.54, 1.807) is 0 Å².